The Labute approximate surface area is 354 Å². The van der Waals surface area contributed by atoms with Crippen LogP contribution in [0.3, 0.4) is 0 Å². The van der Waals surface area contributed by atoms with Crippen molar-refractivity contribution in [2.24, 2.45) is 0 Å². The van der Waals surface area contributed by atoms with Crippen LogP contribution in [0.25, 0.3) is 45.1 Å². The summed E-state index contributed by atoms with van der Waals surface area (Å²) in [4.78, 5) is 49.9. The lowest BCUT2D eigenvalue weighted by molar-refractivity contribution is -0.139. The van der Waals surface area contributed by atoms with Crippen LogP contribution in [0.2, 0.25) is 0 Å². The van der Waals surface area contributed by atoms with Crippen LogP contribution in [0, 0.1) is 6.92 Å². The summed E-state index contributed by atoms with van der Waals surface area (Å²) < 4.78 is 12.9. The first kappa shape index (κ1) is 40.2. The van der Waals surface area contributed by atoms with Crippen molar-refractivity contribution in [1.29, 1.82) is 0 Å². The largest absolute Gasteiger partial charge is 0.469 e. The fraction of sp³-hybridized carbons (Fsp3) is 0.267. The van der Waals surface area contributed by atoms with Crippen molar-refractivity contribution in [3.05, 3.63) is 139 Å². The summed E-state index contributed by atoms with van der Waals surface area (Å²) in [5, 5.41) is 10.8. The summed E-state index contributed by atoms with van der Waals surface area (Å²) in [6.07, 6.45) is 9.16. The lowest BCUT2D eigenvalue weighted by Gasteiger charge is -2.20. The molecule has 0 unspecified atom stereocenters. The highest BCUT2D eigenvalue weighted by Gasteiger charge is 2.22. The van der Waals surface area contributed by atoms with Gasteiger partial charge >= 0.3 is 5.97 Å². The van der Waals surface area contributed by atoms with Crippen molar-refractivity contribution >= 4 is 73.2 Å². The molecule has 0 saturated carbocycles. The van der Waals surface area contributed by atoms with Crippen LogP contribution in [-0.4, -0.2) is 78.6 Å². The van der Waals surface area contributed by atoms with E-state index in [1.807, 2.05) is 108 Å². The van der Waals surface area contributed by atoms with Gasteiger partial charge in [-0.3, -0.25) is 14.4 Å². The second kappa shape index (κ2) is 17.3. The molecule has 9 rings (SSSR count). The van der Waals surface area contributed by atoms with Crippen molar-refractivity contribution in [3.8, 4) is 5.69 Å². The monoisotopic (exact) mass is 868 g/mol. The van der Waals surface area contributed by atoms with Gasteiger partial charge in [0.15, 0.2) is 0 Å². The van der Waals surface area contributed by atoms with E-state index in [-0.39, 0.29) is 23.5 Å². The number of rotatable bonds is 8. The summed E-state index contributed by atoms with van der Waals surface area (Å²) in [6, 6.07) is 29.0. The molecule has 1 fully saturated rings. The first-order valence-electron chi connectivity index (χ1n) is 19.9. The van der Waals surface area contributed by atoms with Crippen LogP contribution >= 0.6 is 15.9 Å². The van der Waals surface area contributed by atoms with Gasteiger partial charge in [-0.15, -0.1) is 10.2 Å². The van der Waals surface area contributed by atoms with E-state index in [9.17, 15) is 14.4 Å². The number of halogens is 1. The molecule has 4 aromatic heterocycles. The topological polar surface area (TPSA) is 137 Å². The lowest BCUT2D eigenvalue weighted by atomic mass is 10.1. The van der Waals surface area contributed by atoms with Gasteiger partial charge in [0.1, 0.15) is 0 Å². The highest BCUT2D eigenvalue weighted by Crippen LogP contribution is 2.26. The Morgan fingerprint density at radius 3 is 2.17 bits per heavy atom. The number of ether oxygens (including phenoxy) is 1. The predicted molar refractivity (Wildman–Crippen MR) is 239 cm³/mol. The molecule has 0 atom stereocenters. The molecule has 0 radical (unpaired) electrons. The number of aromatic nitrogens is 8. The van der Waals surface area contributed by atoms with Gasteiger partial charge in [0.2, 0.25) is 23.5 Å². The first-order chi connectivity index (χ1) is 29.1. The van der Waals surface area contributed by atoms with Crippen molar-refractivity contribution < 1.29 is 9.53 Å². The van der Waals surface area contributed by atoms with Gasteiger partial charge in [-0.05, 0) is 73.4 Å². The van der Waals surface area contributed by atoms with Crippen LogP contribution in [0.15, 0.2) is 111 Å². The fourth-order valence-electron chi connectivity index (χ4n) is 7.50. The van der Waals surface area contributed by atoms with E-state index in [1.54, 1.807) is 10.7 Å². The number of allylic oxidation sites excluding steroid dienone is 1. The van der Waals surface area contributed by atoms with E-state index in [0.717, 1.165) is 69.8 Å². The highest BCUT2D eigenvalue weighted by molar-refractivity contribution is 9.10. The maximum atomic E-state index is 12.8. The summed E-state index contributed by atoms with van der Waals surface area (Å²) in [5.74, 6) is 2.22. The third kappa shape index (κ3) is 8.17. The zero-order chi connectivity index (χ0) is 41.9. The number of hydrogen-bond donors (Lipinski definition) is 0. The van der Waals surface area contributed by atoms with Gasteiger partial charge in [0.25, 0.3) is 11.1 Å². The van der Waals surface area contributed by atoms with Crippen molar-refractivity contribution in [3.63, 3.8) is 0 Å². The molecule has 0 N–H and O–H groups in total. The molecule has 4 aromatic carbocycles. The second-order valence-corrected chi connectivity index (χ2v) is 15.9. The second-order valence-electron chi connectivity index (χ2n) is 15.0. The Bertz CT molecular complexity index is 3000. The number of nitrogens with zero attached hydrogens (tertiary/aromatic N) is 10. The molecule has 1 aliphatic rings. The molecule has 60 heavy (non-hydrogen) atoms. The van der Waals surface area contributed by atoms with Gasteiger partial charge in [0.05, 0.1) is 47.6 Å². The van der Waals surface area contributed by atoms with Gasteiger partial charge in [0, 0.05) is 31.7 Å². The van der Waals surface area contributed by atoms with Crippen LogP contribution in [-0.2, 0) is 22.5 Å². The molecule has 0 bridgehead atoms. The number of methoxy groups -OCH3 is 1. The Morgan fingerprint density at radius 2 is 1.47 bits per heavy atom. The molecule has 1 saturated heterocycles. The lowest BCUT2D eigenvalue weighted by Crippen LogP contribution is -2.26. The Balaban J connectivity index is 0.000000167. The van der Waals surface area contributed by atoms with Gasteiger partial charge in [-0.25, -0.2) is 13.5 Å². The van der Waals surface area contributed by atoms with E-state index in [0.29, 0.717) is 34.8 Å². The molecule has 0 amide bonds. The average molecular weight is 870 g/mol. The van der Waals surface area contributed by atoms with Gasteiger partial charge in [-0.2, -0.15) is 14.6 Å². The van der Waals surface area contributed by atoms with E-state index in [1.165, 1.54) is 20.0 Å². The van der Waals surface area contributed by atoms with Crippen LogP contribution < -0.4 is 20.9 Å². The van der Waals surface area contributed by atoms with Gasteiger partial charge in [-0.1, -0.05) is 95.0 Å². The van der Waals surface area contributed by atoms with Crippen LogP contribution in [0.5, 0.6) is 0 Å². The number of hydrogen-bond acceptors (Lipinski definition) is 10. The fourth-order valence-corrected chi connectivity index (χ4v) is 7.86. The van der Waals surface area contributed by atoms with Crippen molar-refractivity contribution in [2.75, 3.05) is 44.1 Å². The number of aryl methyl sites for hydroxylation is 1. The molecule has 15 heteroatoms. The first-order valence-corrected chi connectivity index (χ1v) is 20.7. The number of carbonyl (C=O) groups is 1. The molecular weight excluding hydrogens is 824 g/mol. The quantitative estimate of drug-likeness (QED) is 0.147. The van der Waals surface area contributed by atoms with E-state index in [2.05, 4.69) is 64.6 Å². The summed E-state index contributed by atoms with van der Waals surface area (Å²) >= 11 is 3.41. The Kier molecular flexibility index (Phi) is 11.6. The minimum Gasteiger partial charge on any atom is -0.469 e. The Morgan fingerprint density at radius 1 is 0.800 bits per heavy atom. The number of benzene rings is 4. The Hall–Kier alpha value is -6.61. The van der Waals surface area contributed by atoms with Crippen molar-refractivity contribution in [2.45, 2.75) is 45.6 Å². The van der Waals surface area contributed by atoms with Crippen molar-refractivity contribution in [1.82, 2.24) is 38.3 Å². The zero-order valence-electron chi connectivity index (χ0n) is 34.0. The smallest absolute Gasteiger partial charge is 0.309 e. The zero-order valence-corrected chi connectivity index (χ0v) is 35.5. The molecule has 8 aromatic rings. The molecule has 5 heterocycles. The van der Waals surface area contributed by atoms with Crippen LogP contribution in [0.4, 0.5) is 11.9 Å². The normalized spacial score (nSPS) is 13.2. The third-order valence-electron chi connectivity index (χ3n) is 10.5. The summed E-state index contributed by atoms with van der Waals surface area (Å²) in [5.41, 5.74) is 4.82. The van der Waals surface area contributed by atoms with E-state index >= 15 is 0 Å². The maximum absolute atomic E-state index is 12.8. The average Bonchev–Trinajstić information content (AvgIpc) is 3.68. The molecule has 0 spiro atoms. The standard InChI is InChI=1S/C25H27N5O.C20H18BrN5O3/c1-19-13-14-22-21(18-19)23(31)26-24-29(17-9-12-20-10-5-4-6-11-20)27-25(30(22)24)28-15-7-2-3-8-16-28;1-24(2)20-23-26(14-7-4-12(5-8-14)10-17(27)29-3)19-22-18(28)15-11-13(21)6-9-16(15)25(19)20/h4-6,9-14,18H,2-3,7-8,15-17H2,1H3;4-9,11H,10H2,1-3H3. The van der Waals surface area contributed by atoms with E-state index < -0.39 is 0 Å². The predicted octanol–water partition coefficient (Wildman–Crippen LogP) is 7.02. The summed E-state index contributed by atoms with van der Waals surface area (Å²) in [7, 11) is 5.13. The molecule has 0 aliphatic carbocycles. The molecule has 1 aliphatic heterocycles. The van der Waals surface area contributed by atoms with Gasteiger partial charge < -0.3 is 14.5 Å². The summed E-state index contributed by atoms with van der Waals surface area (Å²) in [6.45, 7) is 4.51. The number of anilines is 2. The SMILES string of the molecule is COC(=O)Cc1ccc(-n2nc(N(C)C)n3c4ccc(Br)cc4c(=O)nc23)cc1.Cc1ccc2c(c1)c(=O)nc1n(CC=Cc3ccccc3)nc(N3CCCCCC3)n21. The van der Waals surface area contributed by atoms with Crippen LogP contribution in [0.1, 0.15) is 42.4 Å². The third-order valence-corrected chi connectivity index (χ3v) is 11.0. The minimum atomic E-state index is -0.324. The molecular formula is C45H45BrN10O4. The van der Waals surface area contributed by atoms with E-state index in [4.69, 9.17) is 9.84 Å². The molecule has 306 valence electrons. The number of carbonyl (C=O) groups excluding carboxylic acids is 1. The maximum Gasteiger partial charge on any atom is 0.309 e. The minimum absolute atomic E-state index is 0.191. The number of fused-ring (bicyclic) bond motifs is 6. The highest BCUT2D eigenvalue weighted by atomic mass is 79.9. The number of esters is 1. The molecule has 14 nitrogen and oxygen atoms in total.